The van der Waals surface area contributed by atoms with Gasteiger partial charge in [0.25, 0.3) is 5.91 Å². The highest BCUT2D eigenvalue weighted by Crippen LogP contribution is 2.20. The van der Waals surface area contributed by atoms with Crippen LogP contribution in [0.3, 0.4) is 0 Å². The predicted molar refractivity (Wildman–Crippen MR) is 89.1 cm³/mol. The zero-order chi connectivity index (χ0) is 16.7. The zero-order valence-electron chi connectivity index (χ0n) is 14.0. The number of nitrogens with one attached hydrogen (secondary N) is 1. The highest BCUT2D eigenvalue weighted by Gasteiger charge is 2.27. The van der Waals surface area contributed by atoms with Crippen molar-refractivity contribution in [3.05, 3.63) is 35.4 Å². The van der Waals surface area contributed by atoms with E-state index in [1.807, 2.05) is 36.1 Å². The van der Waals surface area contributed by atoms with E-state index in [1.54, 1.807) is 7.11 Å². The van der Waals surface area contributed by atoms with Gasteiger partial charge in [-0.15, -0.1) is 0 Å². The van der Waals surface area contributed by atoms with E-state index in [4.69, 9.17) is 4.74 Å². The van der Waals surface area contributed by atoms with Gasteiger partial charge in [-0.1, -0.05) is 19.1 Å². The third kappa shape index (κ3) is 4.79. The first-order valence-corrected chi connectivity index (χ1v) is 8.30. The van der Waals surface area contributed by atoms with Crippen molar-refractivity contribution in [2.24, 2.45) is 5.92 Å². The highest BCUT2D eigenvalue weighted by molar-refractivity contribution is 5.94. The van der Waals surface area contributed by atoms with E-state index in [2.05, 4.69) is 5.32 Å². The minimum absolute atomic E-state index is 0.0328. The van der Waals surface area contributed by atoms with Gasteiger partial charge in [-0.3, -0.25) is 9.59 Å². The molecule has 126 valence electrons. The standard InChI is InChI=1S/C18H26N2O3/c1-3-9-19-17(21)15-7-10-20(11-8-15)18(22)16-6-4-5-14(12-16)13-23-2/h4-6,12,15H,3,7-11,13H2,1-2H3,(H,19,21). The van der Waals surface area contributed by atoms with Crippen molar-refractivity contribution in [2.45, 2.75) is 32.8 Å². The van der Waals surface area contributed by atoms with Crippen LogP contribution in [0.1, 0.15) is 42.1 Å². The number of hydrogen-bond donors (Lipinski definition) is 1. The summed E-state index contributed by atoms with van der Waals surface area (Å²) >= 11 is 0. The van der Waals surface area contributed by atoms with Crippen LogP contribution in [-0.4, -0.2) is 43.5 Å². The maximum absolute atomic E-state index is 12.6. The molecule has 0 radical (unpaired) electrons. The van der Waals surface area contributed by atoms with Crippen molar-refractivity contribution in [3.63, 3.8) is 0 Å². The van der Waals surface area contributed by atoms with E-state index in [-0.39, 0.29) is 17.7 Å². The van der Waals surface area contributed by atoms with Gasteiger partial charge in [0, 0.05) is 38.2 Å². The Morgan fingerprint density at radius 2 is 2.04 bits per heavy atom. The van der Waals surface area contributed by atoms with E-state index >= 15 is 0 Å². The number of nitrogens with zero attached hydrogens (tertiary/aromatic N) is 1. The number of likely N-dealkylation sites (tertiary alicyclic amines) is 1. The molecule has 0 spiro atoms. The maximum atomic E-state index is 12.6. The van der Waals surface area contributed by atoms with Gasteiger partial charge in [-0.2, -0.15) is 0 Å². The number of piperidine rings is 1. The molecule has 0 unspecified atom stereocenters. The number of methoxy groups -OCH3 is 1. The third-order valence-electron chi connectivity index (χ3n) is 4.19. The summed E-state index contributed by atoms with van der Waals surface area (Å²) in [7, 11) is 1.64. The summed E-state index contributed by atoms with van der Waals surface area (Å²) in [6.45, 7) is 4.54. The van der Waals surface area contributed by atoms with E-state index in [9.17, 15) is 9.59 Å². The zero-order valence-corrected chi connectivity index (χ0v) is 14.0. The molecule has 1 fully saturated rings. The molecule has 1 N–H and O–H groups in total. The molecule has 0 bridgehead atoms. The van der Waals surface area contributed by atoms with Crippen LogP contribution in [0.4, 0.5) is 0 Å². The number of hydrogen-bond acceptors (Lipinski definition) is 3. The molecular formula is C18H26N2O3. The van der Waals surface area contributed by atoms with Gasteiger partial charge in [0.2, 0.25) is 5.91 Å². The van der Waals surface area contributed by atoms with Gasteiger partial charge < -0.3 is 15.0 Å². The summed E-state index contributed by atoms with van der Waals surface area (Å²) in [6.07, 6.45) is 2.42. The van der Waals surface area contributed by atoms with E-state index < -0.39 is 0 Å². The normalized spacial score (nSPS) is 15.5. The molecule has 0 atom stereocenters. The number of carbonyl (C=O) groups is 2. The van der Waals surface area contributed by atoms with E-state index in [0.29, 0.717) is 25.3 Å². The molecule has 5 nitrogen and oxygen atoms in total. The van der Waals surface area contributed by atoms with E-state index in [0.717, 1.165) is 31.4 Å². The van der Waals surface area contributed by atoms with E-state index in [1.165, 1.54) is 0 Å². The summed E-state index contributed by atoms with van der Waals surface area (Å²) in [5.74, 6) is 0.196. The number of ether oxygens (including phenoxy) is 1. The molecule has 0 aromatic heterocycles. The molecule has 2 amide bonds. The van der Waals surface area contributed by atoms with Crippen LogP contribution >= 0.6 is 0 Å². The average molecular weight is 318 g/mol. The lowest BCUT2D eigenvalue weighted by atomic mass is 9.95. The Morgan fingerprint density at radius 3 is 2.70 bits per heavy atom. The van der Waals surface area contributed by atoms with Crippen molar-refractivity contribution in [1.29, 1.82) is 0 Å². The molecular weight excluding hydrogens is 292 g/mol. The molecule has 1 saturated heterocycles. The van der Waals surface area contributed by atoms with Gasteiger partial charge in [-0.25, -0.2) is 0 Å². The van der Waals surface area contributed by atoms with Crippen LogP contribution in [-0.2, 0) is 16.1 Å². The van der Waals surface area contributed by atoms with Gasteiger partial charge in [-0.05, 0) is 37.0 Å². The highest BCUT2D eigenvalue weighted by atomic mass is 16.5. The second-order valence-electron chi connectivity index (χ2n) is 5.99. The first-order valence-electron chi connectivity index (χ1n) is 8.30. The Balaban J connectivity index is 1.90. The number of amides is 2. The van der Waals surface area contributed by atoms with Crippen molar-refractivity contribution < 1.29 is 14.3 Å². The van der Waals surface area contributed by atoms with Crippen molar-refractivity contribution >= 4 is 11.8 Å². The predicted octanol–water partition coefficient (Wildman–Crippen LogP) is 2.21. The minimum Gasteiger partial charge on any atom is -0.380 e. The van der Waals surface area contributed by atoms with Crippen LogP contribution in [0.25, 0.3) is 0 Å². The Hall–Kier alpha value is -1.88. The van der Waals surface area contributed by atoms with Crippen LogP contribution in [0.2, 0.25) is 0 Å². The summed E-state index contributed by atoms with van der Waals surface area (Å²) in [4.78, 5) is 26.4. The average Bonchev–Trinajstić information content (AvgIpc) is 2.59. The molecule has 0 aliphatic carbocycles. The third-order valence-corrected chi connectivity index (χ3v) is 4.19. The smallest absolute Gasteiger partial charge is 0.253 e. The number of rotatable bonds is 6. The minimum atomic E-state index is 0.0328. The fourth-order valence-electron chi connectivity index (χ4n) is 2.88. The fraction of sp³-hybridized carbons (Fsp3) is 0.556. The van der Waals surface area contributed by atoms with Gasteiger partial charge in [0.1, 0.15) is 0 Å². The van der Waals surface area contributed by atoms with Crippen molar-refractivity contribution in [2.75, 3.05) is 26.7 Å². The van der Waals surface area contributed by atoms with Gasteiger partial charge in [0.05, 0.1) is 6.61 Å². The van der Waals surface area contributed by atoms with Crippen LogP contribution in [0.15, 0.2) is 24.3 Å². The molecule has 1 aromatic rings. The first kappa shape index (κ1) is 17.5. The van der Waals surface area contributed by atoms with Crippen LogP contribution in [0, 0.1) is 5.92 Å². The Morgan fingerprint density at radius 1 is 1.30 bits per heavy atom. The number of benzene rings is 1. The van der Waals surface area contributed by atoms with Gasteiger partial charge in [0.15, 0.2) is 0 Å². The second-order valence-corrected chi connectivity index (χ2v) is 5.99. The Bertz CT molecular complexity index is 537. The molecule has 5 heteroatoms. The molecule has 23 heavy (non-hydrogen) atoms. The molecule has 2 rings (SSSR count). The molecule has 1 aliphatic rings. The molecule has 1 aliphatic heterocycles. The lowest BCUT2D eigenvalue weighted by Crippen LogP contribution is -2.43. The summed E-state index contributed by atoms with van der Waals surface area (Å²) in [5, 5.41) is 2.94. The summed E-state index contributed by atoms with van der Waals surface area (Å²) in [5.41, 5.74) is 1.68. The van der Waals surface area contributed by atoms with Crippen molar-refractivity contribution in [1.82, 2.24) is 10.2 Å². The molecule has 1 aromatic carbocycles. The second kappa shape index (κ2) is 8.67. The monoisotopic (exact) mass is 318 g/mol. The molecule has 0 saturated carbocycles. The maximum Gasteiger partial charge on any atom is 0.253 e. The summed E-state index contributed by atoms with van der Waals surface area (Å²) < 4.78 is 5.11. The number of carbonyl (C=O) groups excluding carboxylic acids is 2. The van der Waals surface area contributed by atoms with Crippen molar-refractivity contribution in [3.8, 4) is 0 Å². The Kier molecular flexibility index (Phi) is 6.59. The fourth-order valence-corrected chi connectivity index (χ4v) is 2.88. The summed E-state index contributed by atoms with van der Waals surface area (Å²) in [6, 6.07) is 7.55. The first-order chi connectivity index (χ1) is 11.2. The topological polar surface area (TPSA) is 58.6 Å². The van der Waals surface area contributed by atoms with Crippen LogP contribution in [0.5, 0.6) is 0 Å². The lowest BCUT2D eigenvalue weighted by molar-refractivity contribution is -0.126. The lowest BCUT2D eigenvalue weighted by Gasteiger charge is -2.31. The molecule has 1 heterocycles. The quantitative estimate of drug-likeness (QED) is 0.875. The van der Waals surface area contributed by atoms with Crippen LogP contribution < -0.4 is 5.32 Å². The van der Waals surface area contributed by atoms with Gasteiger partial charge >= 0.3 is 0 Å². The largest absolute Gasteiger partial charge is 0.380 e. The SMILES string of the molecule is CCCNC(=O)C1CCN(C(=O)c2cccc(COC)c2)CC1. The Labute approximate surface area is 138 Å².